The number of hydrogen-bond donors (Lipinski definition) is 2. The largest absolute Gasteiger partial charge is 0.281 e. The summed E-state index contributed by atoms with van der Waals surface area (Å²) in [5.41, 5.74) is 5.16. The molecule has 2 aliphatic rings. The average Bonchev–Trinajstić information content (AvgIpc) is 2.88. The van der Waals surface area contributed by atoms with E-state index in [1.807, 2.05) is 17.5 Å². The molecule has 0 saturated heterocycles. The molecule has 0 atom stereocenters. The fourth-order valence-electron chi connectivity index (χ4n) is 2.53. The molecule has 1 spiro atoms. The number of hydrazine groups is 1. The first-order valence-corrected chi connectivity index (χ1v) is 6.88. The highest BCUT2D eigenvalue weighted by atomic mass is 32.1. The van der Waals surface area contributed by atoms with Gasteiger partial charge in [0.05, 0.1) is 4.88 Å². The van der Waals surface area contributed by atoms with E-state index >= 15 is 0 Å². The predicted molar refractivity (Wildman–Crippen MR) is 68.0 cm³/mol. The van der Waals surface area contributed by atoms with Crippen LogP contribution in [0.5, 0.6) is 0 Å². The molecule has 1 aromatic rings. The van der Waals surface area contributed by atoms with Crippen molar-refractivity contribution in [1.29, 1.82) is 0 Å². The Balaban J connectivity index is 1.96. The van der Waals surface area contributed by atoms with Crippen molar-refractivity contribution in [2.45, 2.75) is 37.6 Å². The van der Waals surface area contributed by atoms with Crippen LogP contribution in [0.3, 0.4) is 0 Å². The van der Waals surface area contributed by atoms with Crippen LogP contribution < -0.4 is 10.9 Å². The Bertz CT molecular complexity index is 446. The molecule has 5 heteroatoms. The standard InChI is InChI=1S/C12H15N3OS/c16-11-12(6-2-1-3-7-12)13-10(14-15-11)9-5-4-8-17-9/h4-5,8H,1-3,6-7H2,(H,13,14)(H,15,16). The van der Waals surface area contributed by atoms with Crippen LogP contribution >= 0.6 is 11.3 Å². The van der Waals surface area contributed by atoms with Gasteiger partial charge < -0.3 is 0 Å². The van der Waals surface area contributed by atoms with E-state index in [4.69, 9.17) is 4.99 Å². The highest BCUT2D eigenvalue weighted by Crippen LogP contribution is 2.33. The van der Waals surface area contributed by atoms with Crippen molar-refractivity contribution >= 4 is 23.1 Å². The Kier molecular flexibility index (Phi) is 2.63. The Morgan fingerprint density at radius 3 is 2.76 bits per heavy atom. The van der Waals surface area contributed by atoms with Gasteiger partial charge >= 0.3 is 0 Å². The van der Waals surface area contributed by atoms with E-state index in [0.29, 0.717) is 0 Å². The number of amidine groups is 1. The first kappa shape index (κ1) is 10.8. The third-order valence-electron chi connectivity index (χ3n) is 3.48. The lowest BCUT2D eigenvalue weighted by atomic mass is 9.81. The minimum atomic E-state index is -0.511. The maximum absolute atomic E-state index is 12.0. The zero-order valence-corrected chi connectivity index (χ0v) is 10.3. The van der Waals surface area contributed by atoms with E-state index in [0.717, 1.165) is 36.4 Å². The molecule has 1 aliphatic heterocycles. The smallest absolute Gasteiger partial charge is 0.266 e. The molecule has 90 valence electrons. The maximum atomic E-state index is 12.0. The first-order valence-electron chi connectivity index (χ1n) is 6.00. The monoisotopic (exact) mass is 249 g/mol. The van der Waals surface area contributed by atoms with E-state index < -0.39 is 5.54 Å². The van der Waals surface area contributed by atoms with Gasteiger partial charge in [0.15, 0.2) is 5.84 Å². The van der Waals surface area contributed by atoms with Gasteiger partial charge in [0.2, 0.25) is 0 Å². The average molecular weight is 249 g/mol. The van der Waals surface area contributed by atoms with Gasteiger partial charge in [0, 0.05) is 0 Å². The first-order chi connectivity index (χ1) is 8.30. The summed E-state index contributed by atoms with van der Waals surface area (Å²) < 4.78 is 0. The number of thiophene rings is 1. The highest BCUT2D eigenvalue weighted by molar-refractivity contribution is 7.12. The van der Waals surface area contributed by atoms with Gasteiger partial charge in [0.1, 0.15) is 5.54 Å². The lowest BCUT2D eigenvalue weighted by Gasteiger charge is -2.36. The van der Waals surface area contributed by atoms with Gasteiger partial charge in [-0.1, -0.05) is 25.3 Å². The van der Waals surface area contributed by atoms with Crippen LogP contribution in [0.4, 0.5) is 0 Å². The quantitative estimate of drug-likeness (QED) is 0.798. The predicted octanol–water partition coefficient (Wildman–Crippen LogP) is 1.83. The topological polar surface area (TPSA) is 53.5 Å². The van der Waals surface area contributed by atoms with Crippen molar-refractivity contribution in [3.8, 4) is 0 Å². The third kappa shape index (κ3) is 1.84. The molecular weight excluding hydrogens is 234 g/mol. The number of carbonyl (C=O) groups excluding carboxylic acids is 1. The van der Waals surface area contributed by atoms with Gasteiger partial charge in [-0.05, 0) is 24.3 Å². The van der Waals surface area contributed by atoms with Crippen molar-refractivity contribution in [2.24, 2.45) is 4.99 Å². The highest BCUT2D eigenvalue weighted by Gasteiger charge is 2.42. The van der Waals surface area contributed by atoms with Crippen LogP contribution in [0.2, 0.25) is 0 Å². The van der Waals surface area contributed by atoms with Crippen LogP contribution in [0.1, 0.15) is 37.0 Å². The summed E-state index contributed by atoms with van der Waals surface area (Å²) in [5.74, 6) is 0.832. The lowest BCUT2D eigenvalue weighted by Crippen LogP contribution is -2.58. The van der Waals surface area contributed by atoms with E-state index in [-0.39, 0.29) is 5.91 Å². The Hall–Kier alpha value is -1.36. The van der Waals surface area contributed by atoms with Crippen LogP contribution in [-0.2, 0) is 4.79 Å². The van der Waals surface area contributed by atoms with E-state index in [2.05, 4.69) is 10.9 Å². The number of hydrogen-bond acceptors (Lipinski definition) is 4. The zero-order chi connectivity index (χ0) is 11.7. The summed E-state index contributed by atoms with van der Waals surface area (Å²) >= 11 is 1.63. The molecule has 0 bridgehead atoms. The van der Waals surface area contributed by atoms with Gasteiger partial charge in [-0.2, -0.15) is 0 Å². The molecule has 0 aromatic carbocycles. The van der Waals surface area contributed by atoms with E-state index in [1.165, 1.54) is 6.42 Å². The Morgan fingerprint density at radius 1 is 1.24 bits per heavy atom. The number of rotatable bonds is 1. The zero-order valence-electron chi connectivity index (χ0n) is 9.53. The van der Waals surface area contributed by atoms with E-state index in [1.54, 1.807) is 11.3 Å². The fraction of sp³-hybridized carbons (Fsp3) is 0.500. The molecule has 1 saturated carbocycles. The lowest BCUT2D eigenvalue weighted by molar-refractivity contribution is -0.128. The Morgan fingerprint density at radius 2 is 2.06 bits per heavy atom. The molecule has 0 unspecified atom stereocenters. The number of amides is 1. The number of carbonyl (C=O) groups is 1. The van der Waals surface area contributed by atoms with Crippen LogP contribution in [-0.4, -0.2) is 17.3 Å². The summed E-state index contributed by atoms with van der Waals surface area (Å²) in [6.07, 6.45) is 5.14. The van der Waals surface area contributed by atoms with Crippen molar-refractivity contribution in [1.82, 2.24) is 10.9 Å². The van der Waals surface area contributed by atoms with Crippen molar-refractivity contribution in [3.05, 3.63) is 22.4 Å². The van der Waals surface area contributed by atoms with E-state index in [9.17, 15) is 4.79 Å². The maximum Gasteiger partial charge on any atom is 0.266 e. The molecule has 1 aliphatic carbocycles. The summed E-state index contributed by atoms with van der Waals surface area (Å²) in [5, 5.41) is 2.02. The van der Waals surface area contributed by atoms with Crippen molar-refractivity contribution in [3.63, 3.8) is 0 Å². The van der Waals surface area contributed by atoms with Crippen LogP contribution in [0.15, 0.2) is 22.5 Å². The normalized spacial score (nSPS) is 22.8. The fourth-order valence-corrected chi connectivity index (χ4v) is 3.20. The molecule has 4 nitrogen and oxygen atoms in total. The van der Waals surface area contributed by atoms with Crippen molar-refractivity contribution < 1.29 is 4.79 Å². The molecule has 2 heterocycles. The summed E-state index contributed by atoms with van der Waals surface area (Å²) in [6, 6.07) is 4.01. The summed E-state index contributed by atoms with van der Waals surface area (Å²) in [4.78, 5) is 17.8. The third-order valence-corrected chi connectivity index (χ3v) is 4.35. The summed E-state index contributed by atoms with van der Waals surface area (Å²) in [6.45, 7) is 0. The molecule has 1 fully saturated rings. The number of aliphatic imine (C=N–C) groups is 1. The SMILES string of the molecule is O=C1NNC(c2cccs2)=NC12CCCCC2. The van der Waals surface area contributed by atoms with Gasteiger partial charge in [-0.25, -0.2) is 4.99 Å². The number of nitrogens with one attached hydrogen (secondary N) is 2. The van der Waals surface area contributed by atoms with Gasteiger partial charge in [0.25, 0.3) is 5.91 Å². The second-order valence-corrected chi connectivity index (χ2v) is 5.56. The molecule has 0 radical (unpaired) electrons. The molecular formula is C12H15N3OS. The van der Waals surface area contributed by atoms with Gasteiger partial charge in [-0.15, -0.1) is 11.3 Å². The molecule has 1 amide bonds. The summed E-state index contributed by atoms with van der Waals surface area (Å²) in [7, 11) is 0. The molecule has 1 aromatic heterocycles. The minimum Gasteiger partial charge on any atom is -0.281 e. The van der Waals surface area contributed by atoms with Gasteiger partial charge in [-0.3, -0.25) is 15.6 Å². The molecule has 3 rings (SSSR count). The second-order valence-electron chi connectivity index (χ2n) is 4.61. The molecule has 17 heavy (non-hydrogen) atoms. The van der Waals surface area contributed by atoms with Crippen LogP contribution in [0.25, 0.3) is 0 Å². The van der Waals surface area contributed by atoms with Crippen LogP contribution in [0, 0.1) is 0 Å². The Labute approximate surface area is 104 Å². The molecule has 2 N–H and O–H groups in total. The number of nitrogens with zero attached hydrogens (tertiary/aromatic N) is 1. The second kappa shape index (κ2) is 4.14. The van der Waals surface area contributed by atoms with Crippen molar-refractivity contribution in [2.75, 3.05) is 0 Å². The minimum absolute atomic E-state index is 0.0255.